The van der Waals surface area contributed by atoms with Crippen molar-refractivity contribution in [3.8, 4) is 17.2 Å². The fraction of sp³-hybridized carbons (Fsp3) is 0.276. The fourth-order valence-corrected chi connectivity index (χ4v) is 5.45. The maximum atomic E-state index is 6.20. The minimum atomic E-state index is 0.355. The molecule has 1 N–H and O–H groups in total. The van der Waals surface area contributed by atoms with Crippen LogP contribution in [-0.4, -0.2) is 63.7 Å². The van der Waals surface area contributed by atoms with Gasteiger partial charge in [0, 0.05) is 49.9 Å². The first-order chi connectivity index (χ1) is 18.5. The van der Waals surface area contributed by atoms with Crippen molar-refractivity contribution in [3.63, 3.8) is 0 Å². The number of aryl methyl sites for hydroxylation is 2. The van der Waals surface area contributed by atoms with Crippen LogP contribution >= 0.6 is 0 Å². The van der Waals surface area contributed by atoms with Crippen LogP contribution in [0.5, 0.6) is 17.2 Å². The van der Waals surface area contributed by atoms with Gasteiger partial charge >= 0.3 is 0 Å². The molecule has 3 aromatic carbocycles. The van der Waals surface area contributed by atoms with E-state index in [1.54, 1.807) is 6.33 Å². The highest BCUT2D eigenvalue weighted by Gasteiger charge is 2.32. The normalized spacial score (nSPS) is 17.2. The molecule has 0 bridgehead atoms. The van der Waals surface area contributed by atoms with Crippen LogP contribution in [0.15, 0.2) is 61.2 Å². The van der Waals surface area contributed by atoms with Gasteiger partial charge in [-0.2, -0.15) is 0 Å². The molecule has 0 aliphatic carbocycles. The highest BCUT2D eigenvalue weighted by molar-refractivity contribution is 5.95. The summed E-state index contributed by atoms with van der Waals surface area (Å²) in [6.45, 7) is 5.75. The number of nitrogens with one attached hydrogen (secondary N) is 1. The Labute approximate surface area is 220 Å². The summed E-state index contributed by atoms with van der Waals surface area (Å²) in [5, 5.41) is 4.47. The van der Waals surface area contributed by atoms with Gasteiger partial charge in [0.15, 0.2) is 0 Å². The van der Waals surface area contributed by atoms with Crippen molar-refractivity contribution in [1.82, 2.24) is 24.4 Å². The third kappa shape index (κ3) is 3.95. The van der Waals surface area contributed by atoms with Crippen molar-refractivity contribution in [2.75, 3.05) is 43.5 Å². The highest BCUT2D eigenvalue weighted by Crippen LogP contribution is 2.40. The van der Waals surface area contributed by atoms with Crippen molar-refractivity contribution in [3.05, 3.63) is 66.7 Å². The third-order valence-electron chi connectivity index (χ3n) is 7.50. The number of benzene rings is 3. The van der Waals surface area contributed by atoms with E-state index < -0.39 is 0 Å². The molecule has 4 heterocycles. The lowest BCUT2D eigenvalue weighted by Crippen LogP contribution is -2.56. The van der Waals surface area contributed by atoms with Crippen molar-refractivity contribution in [2.45, 2.75) is 13.0 Å². The molecule has 2 aliphatic heterocycles. The van der Waals surface area contributed by atoms with Gasteiger partial charge in [0.05, 0.1) is 34.6 Å². The largest absolute Gasteiger partial charge is 0.489 e. The first-order valence-corrected chi connectivity index (χ1v) is 12.9. The van der Waals surface area contributed by atoms with Crippen LogP contribution in [0.3, 0.4) is 0 Å². The molecule has 0 saturated carbocycles. The monoisotopic (exact) mass is 507 g/mol. The minimum absolute atomic E-state index is 0.355. The van der Waals surface area contributed by atoms with E-state index in [0.717, 1.165) is 81.6 Å². The van der Waals surface area contributed by atoms with E-state index in [4.69, 9.17) is 9.47 Å². The van der Waals surface area contributed by atoms with Crippen LogP contribution in [0, 0.1) is 6.92 Å². The molecular weight excluding hydrogens is 478 g/mol. The Hall–Kier alpha value is -4.37. The lowest BCUT2D eigenvalue weighted by molar-refractivity contribution is 0.188. The number of ether oxygens (including phenoxy) is 2. The molecule has 1 saturated heterocycles. The summed E-state index contributed by atoms with van der Waals surface area (Å²) < 4.78 is 14.3. The summed E-state index contributed by atoms with van der Waals surface area (Å²) in [6, 6.07) is 16.6. The van der Waals surface area contributed by atoms with E-state index in [0.29, 0.717) is 12.6 Å². The number of imidazole rings is 1. The van der Waals surface area contributed by atoms with Crippen molar-refractivity contribution in [1.29, 1.82) is 0 Å². The molecule has 9 nitrogen and oxygen atoms in total. The quantitative estimate of drug-likeness (QED) is 0.369. The number of rotatable bonds is 4. The average molecular weight is 508 g/mol. The summed E-state index contributed by atoms with van der Waals surface area (Å²) in [6.07, 6.45) is 3.40. The Kier molecular flexibility index (Phi) is 5.33. The molecule has 192 valence electrons. The lowest BCUT2D eigenvalue weighted by atomic mass is 10.1. The van der Waals surface area contributed by atoms with Crippen LogP contribution in [-0.2, 0) is 7.05 Å². The van der Waals surface area contributed by atoms with Gasteiger partial charge in [0.25, 0.3) is 0 Å². The Bertz CT molecular complexity index is 1680. The number of aromatic nitrogens is 4. The second-order valence-corrected chi connectivity index (χ2v) is 10.2. The smallest absolute Gasteiger partial charge is 0.144 e. The van der Waals surface area contributed by atoms with Crippen LogP contribution < -0.4 is 19.7 Å². The van der Waals surface area contributed by atoms with Crippen LogP contribution in [0.1, 0.15) is 5.56 Å². The second-order valence-electron chi connectivity index (χ2n) is 10.2. The summed E-state index contributed by atoms with van der Waals surface area (Å²) in [5.41, 5.74) is 5.90. The molecule has 0 radical (unpaired) electrons. The van der Waals surface area contributed by atoms with E-state index in [9.17, 15) is 0 Å². The third-order valence-corrected chi connectivity index (χ3v) is 7.50. The first-order valence-electron chi connectivity index (χ1n) is 12.9. The number of hydrogen-bond donors (Lipinski definition) is 1. The molecule has 9 heteroatoms. The van der Waals surface area contributed by atoms with Gasteiger partial charge in [-0.15, -0.1) is 0 Å². The number of anilines is 3. The molecule has 2 aliphatic rings. The highest BCUT2D eigenvalue weighted by atomic mass is 16.5. The van der Waals surface area contributed by atoms with Gasteiger partial charge in [-0.25, -0.2) is 15.0 Å². The molecule has 2 aromatic heterocycles. The van der Waals surface area contributed by atoms with Crippen LogP contribution in [0.4, 0.5) is 17.2 Å². The maximum Gasteiger partial charge on any atom is 0.144 e. The number of likely N-dealkylation sites (N-methyl/N-ethyl adjacent to an activating group) is 1. The molecule has 0 unspecified atom stereocenters. The van der Waals surface area contributed by atoms with E-state index in [2.05, 4.69) is 49.2 Å². The van der Waals surface area contributed by atoms with Crippen LogP contribution in [0.25, 0.3) is 21.9 Å². The summed E-state index contributed by atoms with van der Waals surface area (Å²) in [5.74, 6) is 3.22. The lowest BCUT2D eigenvalue weighted by Gasteiger charge is -2.44. The Morgan fingerprint density at radius 1 is 0.974 bits per heavy atom. The zero-order valence-corrected chi connectivity index (χ0v) is 21.7. The Morgan fingerprint density at radius 2 is 1.89 bits per heavy atom. The van der Waals surface area contributed by atoms with Crippen molar-refractivity contribution < 1.29 is 9.47 Å². The minimum Gasteiger partial charge on any atom is -0.489 e. The zero-order valence-electron chi connectivity index (χ0n) is 21.7. The molecule has 38 heavy (non-hydrogen) atoms. The molecule has 0 spiro atoms. The molecule has 7 rings (SSSR count). The van der Waals surface area contributed by atoms with Gasteiger partial charge < -0.3 is 29.2 Å². The van der Waals surface area contributed by atoms with Gasteiger partial charge in [-0.05, 0) is 55.9 Å². The number of nitrogens with zero attached hydrogens (tertiary/aromatic N) is 6. The average Bonchev–Trinajstić information content (AvgIpc) is 3.29. The van der Waals surface area contributed by atoms with Crippen LogP contribution in [0.2, 0.25) is 0 Å². The summed E-state index contributed by atoms with van der Waals surface area (Å²) in [7, 11) is 4.15. The van der Waals surface area contributed by atoms with Gasteiger partial charge in [-0.3, -0.25) is 0 Å². The van der Waals surface area contributed by atoms with Crippen molar-refractivity contribution >= 4 is 39.1 Å². The van der Waals surface area contributed by atoms with E-state index in [1.807, 2.05) is 61.3 Å². The first kappa shape index (κ1) is 22.8. The predicted octanol–water partition coefficient (Wildman–Crippen LogP) is 4.87. The topological polar surface area (TPSA) is 80.6 Å². The van der Waals surface area contributed by atoms with Gasteiger partial charge in [0.1, 0.15) is 36.0 Å². The molecule has 0 amide bonds. The fourth-order valence-electron chi connectivity index (χ4n) is 5.45. The standard InChI is InChI=1S/C29H29N7O2/c1-18-10-19(4-7-27(18)38-21-5-6-25-24(11-21)32-17-35(25)3)33-29-22-12-26-28(13-23(22)30-16-31-29)37-15-20-14-34(2)8-9-36(20)26/h4-7,10-13,16-17,20H,8-9,14-15H2,1-3H3,(H,30,31,33)/t20-/m1/s1. The maximum absolute atomic E-state index is 6.20. The summed E-state index contributed by atoms with van der Waals surface area (Å²) in [4.78, 5) is 18.4. The Morgan fingerprint density at radius 3 is 2.79 bits per heavy atom. The number of piperazine rings is 1. The van der Waals surface area contributed by atoms with Gasteiger partial charge in [-0.1, -0.05) is 0 Å². The molecule has 1 fully saturated rings. The number of fused-ring (bicyclic) bond motifs is 5. The van der Waals surface area contributed by atoms with Crippen molar-refractivity contribution in [2.24, 2.45) is 7.05 Å². The predicted molar refractivity (Wildman–Crippen MR) is 149 cm³/mol. The van der Waals surface area contributed by atoms with Gasteiger partial charge in [0.2, 0.25) is 0 Å². The molecular formula is C29H29N7O2. The van der Waals surface area contributed by atoms with E-state index >= 15 is 0 Å². The second kappa shape index (κ2) is 8.88. The van der Waals surface area contributed by atoms with E-state index in [1.165, 1.54) is 0 Å². The summed E-state index contributed by atoms with van der Waals surface area (Å²) >= 11 is 0. The number of hydrogen-bond acceptors (Lipinski definition) is 8. The SMILES string of the molecule is Cc1cc(Nc2ncnc3cc4c(cc23)N2CCN(C)C[C@@H]2CO4)ccc1Oc1ccc2c(c1)ncn2C. The zero-order chi connectivity index (χ0) is 25.8. The van der Waals surface area contributed by atoms with E-state index in [-0.39, 0.29) is 0 Å². The molecule has 5 aromatic rings. The molecule has 1 atom stereocenters. The Balaban J connectivity index is 1.16.